The third kappa shape index (κ3) is 6.96. The van der Waals surface area contributed by atoms with Gasteiger partial charge in [-0.05, 0) is 6.92 Å². The first-order valence-electron chi connectivity index (χ1n) is 6.11. The Labute approximate surface area is 113 Å². The molecule has 1 heterocycles. The highest BCUT2D eigenvalue weighted by Gasteiger charge is 1.96. The summed E-state index contributed by atoms with van der Waals surface area (Å²) < 4.78 is 18.0. The molecule has 0 aliphatic carbocycles. The minimum atomic E-state index is 0.525. The Balaban J connectivity index is 1.83. The van der Waals surface area contributed by atoms with Gasteiger partial charge >= 0.3 is 0 Å². The highest BCUT2D eigenvalue weighted by atomic mass is 35.5. The van der Waals surface area contributed by atoms with Crippen LogP contribution >= 0.6 is 11.6 Å². The van der Waals surface area contributed by atoms with Crippen LogP contribution < -0.4 is 0 Å². The summed E-state index contributed by atoms with van der Waals surface area (Å²) in [6.07, 6.45) is 3.74. The van der Waals surface area contributed by atoms with Crippen LogP contribution in [0.5, 0.6) is 0 Å². The molecule has 0 amide bonds. The third-order valence-electron chi connectivity index (χ3n) is 2.37. The van der Waals surface area contributed by atoms with Crippen molar-refractivity contribution in [2.75, 3.05) is 45.5 Å². The summed E-state index contributed by atoms with van der Waals surface area (Å²) >= 11 is 5.46. The summed E-state index contributed by atoms with van der Waals surface area (Å²) in [5.41, 5.74) is 0. The van der Waals surface area contributed by atoms with Gasteiger partial charge in [0.1, 0.15) is 5.82 Å². The Morgan fingerprint density at radius 2 is 1.67 bits per heavy atom. The van der Waals surface area contributed by atoms with Crippen LogP contribution in [-0.4, -0.2) is 55.1 Å². The highest BCUT2D eigenvalue weighted by Crippen LogP contribution is 1.94. The van der Waals surface area contributed by atoms with Gasteiger partial charge in [0.25, 0.3) is 0 Å². The number of hydrogen-bond acceptors (Lipinski definition) is 4. The predicted molar refractivity (Wildman–Crippen MR) is 70.1 cm³/mol. The quantitative estimate of drug-likeness (QED) is 0.454. The lowest BCUT2D eigenvalue weighted by Gasteiger charge is -2.07. The maximum Gasteiger partial charge on any atom is 0.105 e. The summed E-state index contributed by atoms with van der Waals surface area (Å²) in [5, 5.41) is 0. The number of nitrogens with zero attached hydrogens (tertiary/aromatic N) is 2. The predicted octanol–water partition coefficient (Wildman–Crippen LogP) is 1.48. The lowest BCUT2D eigenvalue weighted by Crippen LogP contribution is -2.12. The number of alkyl halides is 1. The van der Waals surface area contributed by atoms with E-state index in [0.717, 1.165) is 12.4 Å². The summed E-state index contributed by atoms with van der Waals surface area (Å²) in [7, 11) is 0. The van der Waals surface area contributed by atoms with Gasteiger partial charge in [-0.25, -0.2) is 4.98 Å². The van der Waals surface area contributed by atoms with Gasteiger partial charge in [0, 0.05) is 24.8 Å². The number of imidazole rings is 1. The topological polar surface area (TPSA) is 45.5 Å². The molecule has 104 valence electrons. The molecule has 18 heavy (non-hydrogen) atoms. The van der Waals surface area contributed by atoms with Crippen molar-refractivity contribution < 1.29 is 14.2 Å². The second-order valence-corrected chi connectivity index (χ2v) is 4.07. The van der Waals surface area contributed by atoms with Gasteiger partial charge < -0.3 is 18.8 Å². The maximum absolute atomic E-state index is 5.46. The van der Waals surface area contributed by atoms with Gasteiger partial charge in [-0.15, -0.1) is 11.6 Å². The van der Waals surface area contributed by atoms with Crippen LogP contribution in [0.15, 0.2) is 12.4 Å². The number of rotatable bonds is 11. The zero-order chi connectivity index (χ0) is 13.1. The summed E-state index contributed by atoms with van der Waals surface area (Å²) in [6.45, 7) is 6.40. The van der Waals surface area contributed by atoms with Gasteiger partial charge in [-0.2, -0.15) is 0 Å². The average molecular weight is 277 g/mol. The van der Waals surface area contributed by atoms with Crippen LogP contribution in [-0.2, 0) is 20.8 Å². The molecule has 0 saturated carbocycles. The van der Waals surface area contributed by atoms with Crippen molar-refractivity contribution in [3.05, 3.63) is 18.2 Å². The van der Waals surface area contributed by atoms with Crippen molar-refractivity contribution in [1.82, 2.24) is 9.55 Å². The molecule has 1 rings (SSSR count). The lowest BCUT2D eigenvalue weighted by molar-refractivity contribution is 0.0157. The highest BCUT2D eigenvalue weighted by molar-refractivity contribution is 6.17. The van der Waals surface area contributed by atoms with Gasteiger partial charge in [0.2, 0.25) is 0 Å². The Morgan fingerprint density at radius 1 is 1.06 bits per heavy atom. The van der Waals surface area contributed by atoms with Crippen LogP contribution in [0.4, 0.5) is 0 Å². The maximum atomic E-state index is 5.46. The van der Waals surface area contributed by atoms with Gasteiger partial charge in [-0.3, -0.25) is 0 Å². The molecule has 1 aromatic heterocycles. The molecule has 0 aliphatic rings. The number of hydrogen-bond donors (Lipinski definition) is 0. The largest absolute Gasteiger partial charge is 0.378 e. The molecule has 0 fully saturated rings. The van der Waals surface area contributed by atoms with E-state index in [4.69, 9.17) is 25.8 Å². The Hall–Kier alpha value is -0.620. The van der Waals surface area contributed by atoms with Crippen molar-refractivity contribution in [2.24, 2.45) is 0 Å². The molecule has 6 heteroatoms. The van der Waals surface area contributed by atoms with Gasteiger partial charge in [0.05, 0.1) is 39.6 Å². The van der Waals surface area contributed by atoms with Crippen LogP contribution in [0.3, 0.4) is 0 Å². The fourth-order valence-electron chi connectivity index (χ4n) is 1.40. The molecule has 1 aromatic rings. The second-order valence-electron chi connectivity index (χ2n) is 3.69. The van der Waals surface area contributed by atoms with E-state index in [1.54, 1.807) is 6.20 Å². The van der Waals surface area contributed by atoms with E-state index >= 15 is 0 Å². The zero-order valence-electron chi connectivity index (χ0n) is 10.8. The molecular weight excluding hydrogens is 256 g/mol. The fourth-order valence-corrected chi connectivity index (χ4v) is 1.51. The van der Waals surface area contributed by atoms with Crippen LogP contribution in [0, 0.1) is 6.92 Å². The molecule has 0 N–H and O–H groups in total. The molecular formula is C12H21ClN2O3. The fraction of sp³-hybridized carbons (Fsp3) is 0.750. The van der Waals surface area contributed by atoms with Gasteiger partial charge in [0.15, 0.2) is 0 Å². The molecule has 0 aromatic carbocycles. The monoisotopic (exact) mass is 276 g/mol. The Kier molecular flexibility index (Phi) is 8.85. The van der Waals surface area contributed by atoms with E-state index in [9.17, 15) is 0 Å². The second kappa shape index (κ2) is 10.3. The molecule has 0 bridgehead atoms. The molecule has 5 nitrogen and oxygen atoms in total. The first kappa shape index (κ1) is 15.4. The average Bonchev–Trinajstić information content (AvgIpc) is 2.77. The smallest absolute Gasteiger partial charge is 0.105 e. The Morgan fingerprint density at radius 3 is 2.22 bits per heavy atom. The standard InChI is InChI=1S/C12H21ClN2O3/c1-12-14-3-4-15(12)5-7-17-9-11-18-10-8-16-6-2-13/h3-4H,2,5-11H2,1H3. The molecule has 0 saturated heterocycles. The lowest BCUT2D eigenvalue weighted by atomic mass is 10.6. The van der Waals surface area contributed by atoms with E-state index < -0.39 is 0 Å². The first-order valence-corrected chi connectivity index (χ1v) is 6.65. The Bertz CT molecular complexity index is 307. The molecule has 0 spiro atoms. The molecule has 0 unspecified atom stereocenters. The molecule has 0 radical (unpaired) electrons. The normalized spacial score (nSPS) is 11.0. The van der Waals surface area contributed by atoms with Crippen molar-refractivity contribution in [1.29, 1.82) is 0 Å². The minimum absolute atomic E-state index is 0.525. The molecule has 0 aliphatic heterocycles. The minimum Gasteiger partial charge on any atom is -0.378 e. The molecule has 0 atom stereocenters. The van der Waals surface area contributed by atoms with Crippen LogP contribution in [0.1, 0.15) is 5.82 Å². The number of aromatic nitrogens is 2. The number of ether oxygens (including phenoxy) is 3. The van der Waals surface area contributed by atoms with Crippen molar-refractivity contribution >= 4 is 11.6 Å². The number of halogens is 1. The van der Waals surface area contributed by atoms with Gasteiger partial charge in [-0.1, -0.05) is 0 Å². The van der Waals surface area contributed by atoms with Crippen molar-refractivity contribution in [3.8, 4) is 0 Å². The zero-order valence-corrected chi connectivity index (χ0v) is 11.6. The van der Waals surface area contributed by atoms with Crippen molar-refractivity contribution in [2.45, 2.75) is 13.5 Å². The number of aryl methyl sites for hydroxylation is 1. The van der Waals surface area contributed by atoms with E-state index in [2.05, 4.69) is 9.55 Å². The van der Waals surface area contributed by atoms with E-state index in [0.29, 0.717) is 45.5 Å². The van der Waals surface area contributed by atoms with Crippen LogP contribution in [0.25, 0.3) is 0 Å². The third-order valence-corrected chi connectivity index (χ3v) is 2.52. The first-order chi connectivity index (χ1) is 8.84. The summed E-state index contributed by atoms with van der Waals surface area (Å²) in [4.78, 5) is 4.14. The summed E-state index contributed by atoms with van der Waals surface area (Å²) in [5.74, 6) is 1.53. The SMILES string of the molecule is Cc1nccn1CCOCCOCCOCCCl. The van der Waals surface area contributed by atoms with Crippen molar-refractivity contribution in [3.63, 3.8) is 0 Å². The van der Waals surface area contributed by atoms with E-state index in [1.807, 2.05) is 13.1 Å². The van der Waals surface area contributed by atoms with E-state index in [-0.39, 0.29) is 0 Å². The summed E-state index contributed by atoms with van der Waals surface area (Å²) in [6, 6.07) is 0. The van der Waals surface area contributed by atoms with Crippen LogP contribution in [0.2, 0.25) is 0 Å². The van der Waals surface area contributed by atoms with E-state index in [1.165, 1.54) is 0 Å².